The van der Waals surface area contributed by atoms with Crippen molar-refractivity contribution in [2.45, 2.75) is 77.0 Å². The van der Waals surface area contributed by atoms with Gasteiger partial charge in [-0.25, -0.2) is 0 Å². The van der Waals surface area contributed by atoms with Gasteiger partial charge in [0.1, 0.15) is 0 Å². The lowest BCUT2D eigenvalue weighted by molar-refractivity contribution is 0.536. The van der Waals surface area contributed by atoms with E-state index in [1.54, 1.807) is 0 Å². The van der Waals surface area contributed by atoms with E-state index in [2.05, 4.69) is 71.3 Å². The van der Waals surface area contributed by atoms with E-state index in [1.165, 1.54) is 101 Å². The molecule has 0 aliphatic rings. The van der Waals surface area contributed by atoms with E-state index < -0.39 is 0 Å². The molecule has 0 aliphatic carbocycles. The molecule has 2 rings (SSSR count). The van der Waals surface area contributed by atoms with Crippen molar-refractivity contribution in [3.05, 3.63) is 71.8 Å². The summed E-state index contributed by atoms with van der Waals surface area (Å²) < 4.78 is 0. The Morgan fingerprint density at radius 2 is 0.700 bits per heavy atom. The van der Waals surface area contributed by atoms with Crippen LogP contribution < -0.4 is 10.6 Å². The molecule has 0 atom stereocenters. The number of hydrogen-bond donors (Lipinski definition) is 2. The lowest BCUT2D eigenvalue weighted by Gasteiger charge is -2.06. The lowest BCUT2D eigenvalue weighted by atomic mass is 10.1. The molecule has 0 heterocycles. The van der Waals surface area contributed by atoms with Crippen LogP contribution in [-0.2, 0) is 12.8 Å². The van der Waals surface area contributed by atoms with Crippen LogP contribution in [0, 0.1) is 0 Å². The zero-order valence-corrected chi connectivity index (χ0v) is 19.1. The third-order valence-corrected chi connectivity index (χ3v) is 5.78. The van der Waals surface area contributed by atoms with Gasteiger partial charge < -0.3 is 10.6 Å². The zero-order valence-electron chi connectivity index (χ0n) is 19.1. The minimum Gasteiger partial charge on any atom is -0.317 e. The maximum Gasteiger partial charge on any atom is -0.00457 e. The van der Waals surface area contributed by atoms with Crippen molar-refractivity contribution in [2.75, 3.05) is 26.2 Å². The van der Waals surface area contributed by atoms with Crippen molar-refractivity contribution in [1.29, 1.82) is 0 Å². The van der Waals surface area contributed by atoms with Crippen LogP contribution in [0.3, 0.4) is 0 Å². The Bertz CT molecular complexity index is 541. The van der Waals surface area contributed by atoms with Gasteiger partial charge in [0, 0.05) is 0 Å². The molecule has 2 aromatic rings. The second-order valence-corrected chi connectivity index (χ2v) is 8.51. The molecule has 0 saturated carbocycles. The number of rotatable bonds is 19. The van der Waals surface area contributed by atoms with Crippen LogP contribution in [0.5, 0.6) is 0 Å². The summed E-state index contributed by atoms with van der Waals surface area (Å²) in [6.45, 7) is 4.67. The summed E-state index contributed by atoms with van der Waals surface area (Å²) in [6.07, 6.45) is 15.9. The molecule has 0 aromatic heterocycles. The minimum absolute atomic E-state index is 1.15. The molecule has 166 valence electrons. The van der Waals surface area contributed by atoms with Gasteiger partial charge in [-0.05, 0) is 75.8 Å². The van der Waals surface area contributed by atoms with Crippen molar-refractivity contribution in [3.63, 3.8) is 0 Å². The first kappa shape index (κ1) is 24.6. The van der Waals surface area contributed by atoms with Gasteiger partial charge in [-0.2, -0.15) is 0 Å². The molecule has 0 aliphatic heterocycles. The fraction of sp³-hybridized carbons (Fsp3) is 0.571. The van der Waals surface area contributed by atoms with Crippen LogP contribution in [0.25, 0.3) is 0 Å². The first-order chi connectivity index (χ1) is 14.9. The molecule has 2 aromatic carbocycles. The molecule has 0 saturated heterocycles. The normalized spacial score (nSPS) is 11.1. The Morgan fingerprint density at radius 1 is 0.367 bits per heavy atom. The highest BCUT2D eigenvalue weighted by molar-refractivity contribution is 5.15. The van der Waals surface area contributed by atoms with Crippen LogP contribution >= 0.6 is 0 Å². The SMILES string of the molecule is c1ccc(CCCNCCCCCCCCCCNCCCc2ccccc2)cc1. The molecule has 0 radical (unpaired) electrons. The summed E-state index contributed by atoms with van der Waals surface area (Å²) in [4.78, 5) is 0. The van der Waals surface area contributed by atoms with Crippen molar-refractivity contribution in [2.24, 2.45) is 0 Å². The van der Waals surface area contributed by atoms with Crippen LogP contribution in [0.1, 0.15) is 75.3 Å². The van der Waals surface area contributed by atoms with Gasteiger partial charge in [0.15, 0.2) is 0 Å². The monoisotopic (exact) mass is 408 g/mol. The predicted octanol–water partition coefficient (Wildman–Crippen LogP) is 6.55. The number of unbranched alkanes of at least 4 members (excludes halogenated alkanes) is 7. The smallest absolute Gasteiger partial charge is 0.00457 e. The van der Waals surface area contributed by atoms with Crippen molar-refractivity contribution in [1.82, 2.24) is 10.6 Å². The zero-order chi connectivity index (χ0) is 21.0. The third-order valence-electron chi connectivity index (χ3n) is 5.78. The van der Waals surface area contributed by atoms with Gasteiger partial charge in [0.2, 0.25) is 0 Å². The molecule has 0 amide bonds. The largest absolute Gasteiger partial charge is 0.317 e. The maximum absolute atomic E-state index is 3.60. The highest BCUT2D eigenvalue weighted by Gasteiger charge is 1.95. The topological polar surface area (TPSA) is 24.1 Å². The van der Waals surface area contributed by atoms with Gasteiger partial charge in [-0.15, -0.1) is 0 Å². The van der Waals surface area contributed by atoms with Crippen LogP contribution in [0.2, 0.25) is 0 Å². The molecule has 0 unspecified atom stereocenters. The summed E-state index contributed by atoms with van der Waals surface area (Å²) in [5, 5.41) is 7.20. The van der Waals surface area contributed by atoms with E-state index in [-0.39, 0.29) is 0 Å². The van der Waals surface area contributed by atoms with Crippen LogP contribution in [-0.4, -0.2) is 26.2 Å². The third kappa shape index (κ3) is 13.6. The molecular weight excluding hydrogens is 364 g/mol. The Labute approximate surface area is 185 Å². The molecular formula is C28H44N2. The summed E-state index contributed by atoms with van der Waals surface area (Å²) in [6, 6.07) is 21.6. The predicted molar refractivity (Wildman–Crippen MR) is 132 cm³/mol. The van der Waals surface area contributed by atoms with Gasteiger partial charge >= 0.3 is 0 Å². The van der Waals surface area contributed by atoms with Gasteiger partial charge in [0.25, 0.3) is 0 Å². The van der Waals surface area contributed by atoms with E-state index in [0.29, 0.717) is 0 Å². The first-order valence-electron chi connectivity index (χ1n) is 12.4. The minimum atomic E-state index is 1.15. The molecule has 0 spiro atoms. The Hall–Kier alpha value is -1.64. The molecule has 2 nitrogen and oxygen atoms in total. The second kappa shape index (κ2) is 18.2. The number of aryl methyl sites for hydroxylation is 2. The van der Waals surface area contributed by atoms with Gasteiger partial charge in [-0.3, -0.25) is 0 Å². The number of hydrogen-bond acceptors (Lipinski definition) is 2. The molecule has 0 bridgehead atoms. The van der Waals surface area contributed by atoms with E-state index in [9.17, 15) is 0 Å². The van der Waals surface area contributed by atoms with Crippen molar-refractivity contribution in [3.8, 4) is 0 Å². The highest BCUT2D eigenvalue weighted by atomic mass is 14.8. The van der Waals surface area contributed by atoms with Crippen molar-refractivity contribution >= 4 is 0 Å². The van der Waals surface area contributed by atoms with Crippen LogP contribution in [0.15, 0.2) is 60.7 Å². The number of nitrogens with one attached hydrogen (secondary N) is 2. The quantitative estimate of drug-likeness (QED) is 0.257. The summed E-state index contributed by atoms with van der Waals surface area (Å²) in [7, 11) is 0. The van der Waals surface area contributed by atoms with Gasteiger partial charge in [0.05, 0.1) is 0 Å². The number of benzene rings is 2. The summed E-state index contributed by atoms with van der Waals surface area (Å²) in [5.74, 6) is 0. The molecule has 2 heteroatoms. The molecule has 30 heavy (non-hydrogen) atoms. The fourth-order valence-corrected chi connectivity index (χ4v) is 3.94. The lowest BCUT2D eigenvalue weighted by Crippen LogP contribution is -2.17. The van der Waals surface area contributed by atoms with Crippen LogP contribution in [0.4, 0.5) is 0 Å². The molecule has 2 N–H and O–H groups in total. The first-order valence-corrected chi connectivity index (χ1v) is 12.4. The highest BCUT2D eigenvalue weighted by Crippen LogP contribution is 2.08. The molecule has 0 fully saturated rings. The van der Waals surface area contributed by atoms with E-state index in [0.717, 1.165) is 13.1 Å². The Morgan fingerprint density at radius 3 is 1.10 bits per heavy atom. The summed E-state index contributed by atoms with van der Waals surface area (Å²) >= 11 is 0. The summed E-state index contributed by atoms with van der Waals surface area (Å²) in [5.41, 5.74) is 2.91. The van der Waals surface area contributed by atoms with E-state index in [4.69, 9.17) is 0 Å². The van der Waals surface area contributed by atoms with E-state index in [1.807, 2.05) is 0 Å². The van der Waals surface area contributed by atoms with E-state index >= 15 is 0 Å². The van der Waals surface area contributed by atoms with Crippen molar-refractivity contribution < 1.29 is 0 Å². The fourth-order valence-electron chi connectivity index (χ4n) is 3.94. The standard InChI is InChI=1S/C28H44N2/c1(3-5-13-23-29-25-15-21-27-17-9-7-10-18-27)2-4-6-14-24-30-26-16-22-28-19-11-8-12-20-28/h7-12,17-20,29-30H,1-6,13-16,21-26H2. The maximum atomic E-state index is 3.60. The average molecular weight is 409 g/mol. The second-order valence-electron chi connectivity index (χ2n) is 8.51. The Kier molecular flexibility index (Phi) is 14.9. The Balaban J connectivity index is 1.23. The average Bonchev–Trinajstić information content (AvgIpc) is 2.79. The van der Waals surface area contributed by atoms with Gasteiger partial charge in [-0.1, -0.05) is 99.2 Å².